The van der Waals surface area contributed by atoms with Crippen molar-refractivity contribution in [2.45, 2.75) is 51.1 Å². The van der Waals surface area contributed by atoms with Crippen molar-refractivity contribution < 1.29 is 9.13 Å². The molecular formula is C16H22FNO. The fourth-order valence-corrected chi connectivity index (χ4v) is 2.75. The third kappa shape index (κ3) is 3.93. The van der Waals surface area contributed by atoms with Crippen LogP contribution in [0.2, 0.25) is 0 Å². The van der Waals surface area contributed by atoms with Gasteiger partial charge in [-0.3, -0.25) is 0 Å². The van der Waals surface area contributed by atoms with Crippen molar-refractivity contribution in [2.24, 2.45) is 5.92 Å². The molecule has 1 aromatic carbocycles. The number of halogens is 1. The van der Waals surface area contributed by atoms with E-state index >= 15 is 0 Å². The van der Waals surface area contributed by atoms with Gasteiger partial charge in [-0.1, -0.05) is 12.8 Å². The lowest BCUT2D eigenvalue weighted by Crippen LogP contribution is -2.15. The van der Waals surface area contributed by atoms with Gasteiger partial charge in [0.05, 0.1) is 6.61 Å². The number of rotatable bonds is 6. The molecule has 1 aromatic rings. The highest BCUT2D eigenvalue weighted by Crippen LogP contribution is 2.26. The van der Waals surface area contributed by atoms with Crippen molar-refractivity contribution in [1.29, 1.82) is 0 Å². The lowest BCUT2D eigenvalue weighted by atomic mass is 10.1. The lowest BCUT2D eigenvalue weighted by molar-refractivity contribution is 0.251. The van der Waals surface area contributed by atoms with Gasteiger partial charge in [0.1, 0.15) is 11.6 Å². The van der Waals surface area contributed by atoms with Crippen LogP contribution in [0.4, 0.5) is 4.39 Å². The summed E-state index contributed by atoms with van der Waals surface area (Å²) in [5.74, 6) is 1.15. The minimum absolute atomic E-state index is 0.198. The van der Waals surface area contributed by atoms with E-state index in [0.29, 0.717) is 17.7 Å². The summed E-state index contributed by atoms with van der Waals surface area (Å²) in [6.45, 7) is 1.47. The highest BCUT2D eigenvalue weighted by atomic mass is 19.1. The van der Waals surface area contributed by atoms with Gasteiger partial charge in [0.2, 0.25) is 0 Å². The summed E-state index contributed by atoms with van der Waals surface area (Å²) in [5.41, 5.74) is 0.980. The van der Waals surface area contributed by atoms with Crippen LogP contribution in [0.5, 0.6) is 5.75 Å². The normalized spacial score (nSPS) is 19.8. The topological polar surface area (TPSA) is 21.3 Å². The largest absolute Gasteiger partial charge is 0.493 e. The van der Waals surface area contributed by atoms with Crippen LogP contribution < -0.4 is 10.1 Å². The molecule has 0 saturated heterocycles. The van der Waals surface area contributed by atoms with E-state index in [0.717, 1.165) is 18.7 Å². The third-order valence-corrected chi connectivity index (χ3v) is 4.06. The van der Waals surface area contributed by atoms with Gasteiger partial charge < -0.3 is 10.1 Å². The smallest absolute Gasteiger partial charge is 0.127 e. The van der Waals surface area contributed by atoms with Crippen molar-refractivity contribution in [1.82, 2.24) is 5.32 Å². The Kier molecular flexibility index (Phi) is 4.02. The SMILES string of the molecule is Fc1cc(CNC2CC2)cc(OCC2CCCC2)c1. The predicted octanol–water partition coefficient (Wildman–Crippen LogP) is 3.65. The summed E-state index contributed by atoms with van der Waals surface area (Å²) < 4.78 is 19.3. The summed E-state index contributed by atoms with van der Waals surface area (Å²) in [5, 5.41) is 3.40. The van der Waals surface area contributed by atoms with Gasteiger partial charge >= 0.3 is 0 Å². The van der Waals surface area contributed by atoms with Gasteiger partial charge in [0.15, 0.2) is 0 Å². The fourth-order valence-electron chi connectivity index (χ4n) is 2.75. The van der Waals surface area contributed by atoms with Crippen molar-refractivity contribution in [3.05, 3.63) is 29.6 Å². The van der Waals surface area contributed by atoms with E-state index < -0.39 is 0 Å². The Bertz CT molecular complexity index is 425. The van der Waals surface area contributed by atoms with E-state index in [1.165, 1.54) is 44.6 Å². The van der Waals surface area contributed by atoms with Crippen molar-refractivity contribution in [2.75, 3.05) is 6.61 Å². The van der Waals surface area contributed by atoms with Crippen LogP contribution in [-0.2, 0) is 6.54 Å². The minimum Gasteiger partial charge on any atom is -0.493 e. The molecule has 0 radical (unpaired) electrons. The highest BCUT2D eigenvalue weighted by Gasteiger charge is 2.20. The second-order valence-electron chi connectivity index (χ2n) is 5.91. The number of hydrogen-bond acceptors (Lipinski definition) is 2. The Morgan fingerprint density at radius 3 is 2.63 bits per heavy atom. The summed E-state index contributed by atoms with van der Waals surface area (Å²) in [7, 11) is 0. The fraction of sp³-hybridized carbons (Fsp3) is 0.625. The van der Waals surface area contributed by atoms with E-state index in [1.807, 2.05) is 6.07 Å². The summed E-state index contributed by atoms with van der Waals surface area (Å²) >= 11 is 0. The second-order valence-corrected chi connectivity index (χ2v) is 5.91. The van der Waals surface area contributed by atoms with Gasteiger partial charge in [-0.05, 0) is 49.3 Å². The van der Waals surface area contributed by atoms with Crippen molar-refractivity contribution in [3.63, 3.8) is 0 Å². The van der Waals surface area contributed by atoms with E-state index in [1.54, 1.807) is 6.07 Å². The quantitative estimate of drug-likeness (QED) is 0.846. The molecule has 1 N–H and O–H groups in total. The van der Waals surface area contributed by atoms with E-state index in [2.05, 4.69) is 5.32 Å². The molecule has 0 spiro atoms. The number of benzene rings is 1. The molecular weight excluding hydrogens is 241 g/mol. The molecule has 3 rings (SSSR count). The zero-order chi connectivity index (χ0) is 13.1. The second kappa shape index (κ2) is 5.91. The van der Waals surface area contributed by atoms with Crippen LogP contribution in [-0.4, -0.2) is 12.6 Å². The first-order chi connectivity index (χ1) is 9.29. The molecule has 19 heavy (non-hydrogen) atoms. The number of nitrogens with one attached hydrogen (secondary N) is 1. The van der Waals surface area contributed by atoms with Crippen LogP contribution in [0.3, 0.4) is 0 Å². The Morgan fingerprint density at radius 1 is 1.11 bits per heavy atom. The molecule has 2 aliphatic carbocycles. The molecule has 2 aliphatic rings. The van der Waals surface area contributed by atoms with Gasteiger partial charge in [0, 0.05) is 18.7 Å². The molecule has 0 aliphatic heterocycles. The van der Waals surface area contributed by atoms with E-state index in [-0.39, 0.29) is 5.82 Å². The zero-order valence-corrected chi connectivity index (χ0v) is 11.3. The monoisotopic (exact) mass is 263 g/mol. The number of ether oxygens (including phenoxy) is 1. The Morgan fingerprint density at radius 2 is 1.89 bits per heavy atom. The van der Waals surface area contributed by atoms with Crippen LogP contribution in [0.1, 0.15) is 44.1 Å². The molecule has 0 amide bonds. The maximum atomic E-state index is 13.6. The molecule has 0 atom stereocenters. The highest BCUT2D eigenvalue weighted by molar-refractivity contribution is 5.29. The van der Waals surface area contributed by atoms with Crippen LogP contribution in [0, 0.1) is 11.7 Å². The van der Waals surface area contributed by atoms with Crippen LogP contribution in [0.25, 0.3) is 0 Å². The molecule has 0 unspecified atom stereocenters. The zero-order valence-electron chi connectivity index (χ0n) is 11.3. The molecule has 2 nitrogen and oxygen atoms in total. The van der Waals surface area contributed by atoms with Crippen molar-refractivity contribution >= 4 is 0 Å². The third-order valence-electron chi connectivity index (χ3n) is 4.06. The Labute approximate surface area is 114 Å². The first-order valence-corrected chi connectivity index (χ1v) is 7.45. The van der Waals surface area contributed by atoms with E-state index in [4.69, 9.17) is 4.74 Å². The van der Waals surface area contributed by atoms with Gasteiger partial charge in [0.25, 0.3) is 0 Å². The first-order valence-electron chi connectivity index (χ1n) is 7.45. The molecule has 0 bridgehead atoms. The maximum absolute atomic E-state index is 13.6. The average molecular weight is 263 g/mol. The van der Waals surface area contributed by atoms with Crippen LogP contribution >= 0.6 is 0 Å². The summed E-state index contributed by atoms with van der Waals surface area (Å²) in [6, 6.07) is 5.70. The van der Waals surface area contributed by atoms with E-state index in [9.17, 15) is 4.39 Å². The van der Waals surface area contributed by atoms with Crippen LogP contribution in [0.15, 0.2) is 18.2 Å². The minimum atomic E-state index is -0.198. The Hall–Kier alpha value is -1.09. The lowest BCUT2D eigenvalue weighted by Gasteiger charge is -2.13. The van der Waals surface area contributed by atoms with Gasteiger partial charge in [-0.15, -0.1) is 0 Å². The van der Waals surface area contributed by atoms with Gasteiger partial charge in [-0.2, -0.15) is 0 Å². The molecule has 2 fully saturated rings. The Balaban J connectivity index is 1.56. The summed E-state index contributed by atoms with van der Waals surface area (Å²) in [6.07, 6.45) is 7.64. The van der Waals surface area contributed by atoms with Gasteiger partial charge in [-0.25, -0.2) is 4.39 Å². The molecule has 104 valence electrons. The summed E-state index contributed by atoms with van der Waals surface area (Å²) in [4.78, 5) is 0. The average Bonchev–Trinajstić information content (AvgIpc) is 3.08. The maximum Gasteiger partial charge on any atom is 0.127 e. The molecule has 2 saturated carbocycles. The van der Waals surface area contributed by atoms with Crippen molar-refractivity contribution in [3.8, 4) is 5.75 Å². The first kappa shape index (κ1) is 12.9. The standard InChI is InChI=1S/C16H22FNO/c17-14-7-13(10-18-15-5-6-15)8-16(9-14)19-11-12-3-1-2-4-12/h7-9,12,15,18H,1-6,10-11H2. The molecule has 0 aromatic heterocycles. The predicted molar refractivity (Wildman–Crippen MR) is 73.7 cm³/mol. The molecule has 3 heteroatoms. The molecule has 0 heterocycles. The number of hydrogen-bond donors (Lipinski definition) is 1.